The van der Waals surface area contributed by atoms with Crippen LogP contribution < -0.4 is 14.8 Å². The molecule has 0 amide bonds. The van der Waals surface area contributed by atoms with E-state index in [1.807, 2.05) is 0 Å². The molecule has 3 nitrogen and oxygen atoms in total. The molecular weight excluding hydrogens is 271 g/mol. The normalized spacial score (nSPS) is 12.6. The summed E-state index contributed by atoms with van der Waals surface area (Å²) < 4.78 is 49.3. The van der Waals surface area contributed by atoms with E-state index in [0.29, 0.717) is 22.7 Å². The first kappa shape index (κ1) is 12.7. The Hall–Kier alpha value is -2.37. The molecule has 1 aliphatic rings. The minimum atomic E-state index is -1.46. The van der Waals surface area contributed by atoms with Crippen LogP contribution in [0.25, 0.3) is 0 Å². The third-order valence-electron chi connectivity index (χ3n) is 2.91. The Morgan fingerprint density at radius 3 is 2.40 bits per heavy atom. The highest BCUT2D eigenvalue weighted by molar-refractivity contribution is 5.55. The van der Waals surface area contributed by atoms with Crippen molar-refractivity contribution in [3.63, 3.8) is 0 Å². The fraction of sp³-hybridized carbons (Fsp3) is 0.143. The zero-order valence-corrected chi connectivity index (χ0v) is 10.3. The second-order valence-electron chi connectivity index (χ2n) is 4.30. The van der Waals surface area contributed by atoms with Gasteiger partial charge in [-0.2, -0.15) is 0 Å². The monoisotopic (exact) mass is 281 g/mol. The van der Waals surface area contributed by atoms with E-state index in [9.17, 15) is 13.2 Å². The van der Waals surface area contributed by atoms with Gasteiger partial charge in [-0.25, -0.2) is 13.2 Å². The van der Waals surface area contributed by atoms with Crippen LogP contribution in [0.3, 0.4) is 0 Å². The molecule has 1 aliphatic heterocycles. The predicted octanol–water partition coefficient (Wildman–Crippen LogP) is 3.44. The quantitative estimate of drug-likeness (QED) is 0.874. The van der Waals surface area contributed by atoms with Crippen LogP contribution in [0.4, 0.5) is 18.9 Å². The Kier molecular flexibility index (Phi) is 3.14. The van der Waals surface area contributed by atoms with Crippen LogP contribution in [0.2, 0.25) is 0 Å². The highest BCUT2D eigenvalue weighted by atomic mass is 19.2. The van der Waals surface area contributed by atoms with Crippen LogP contribution in [0, 0.1) is 17.5 Å². The van der Waals surface area contributed by atoms with Crippen LogP contribution >= 0.6 is 0 Å². The molecule has 2 aromatic carbocycles. The van der Waals surface area contributed by atoms with E-state index in [0.717, 1.165) is 12.1 Å². The Morgan fingerprint density at radius 1 is 0.950 bits per heavy atom. The number of nitrogens with one attached hydrogen (secondary N) is 1. The standard InChI is InChI=1S/C14H10F3NO2/c15-10-3-8(4-11(16)14(10)17)6-18-9-1-2-12-13(5-9)20-7-19-12/h1-5,18H,6-7H2. The van der Waals surface area contributed by atoms with Gasteiger partial charge in [-0.3, -0.25) is 0 Å². The smallest absolute Gasteiger partial charge is 0.231 e. The van der Waals surface area contributed by atoms with Gasteiger partial charge < -0.3 is 14.8 Å². The van der Waals surface area contributed by atoms with E-state index in [4.69, 9.17) is 9.47 Å². The summed E-state index contributed by atoms with van der Waals surface area (Å²) in [6.45, 7) is 0.334. The van der Waals surface area contributed by atoms with Gasteiger partial charge in [-0.1, -0.05) is 0 Å². The Bertz CT molecular complexity index is 638. The van der Waals surface area contributed by atoms with Crippen LogP contribution in [0.1, 0.15) is 5.56 Å². The molecule has 0 radical (unpaired) electrons. The maximum atomic E-state index is 13.1. The lowest BCUT2D eigenvalue weighted by molar-refractivity contribution is 0.174. The fourth-order valence-corrected chi connectivity index (χ4v) is 1.92. The van der Waals surface area contributed by atoms with Crippen molar-refractivity contribution >= 4 is 5.69 Å². The van der Waals surface area contributed by atoms with Gasteiger partial charge in [-0.05, 0) is 29.8 Å². The molecule has 0 aliphatic carbocycles. The summed E-state index contributed by atoms with van der Waals surface area (Å²) in [5.41, 5.74) is 1.01. The van der Waals surface area contributed by atoms with Crippen molar-refractivity contribution in [3.8, 4) is 11.5 Å². The SMILES string of the molecule is Fc1cc(CNc2ccc3c(c2)OCO3)cc(F)c1F. The number of rotatable bonds is 3. The molecule has 20 heavy (non-hydrogen) atoms. The van der Waals surface area contributed by atoms with Crippen molar-refractivity contribution in [2.75, 3.05) is 12.1 Å². The molecule has 1 N–H and O–H groups in total. The summed E-state index contributed by atoms with van der Waals surface area (Å²) in [7, 11) is 0. The van der Waals surface area contributed by atoms with Crippen molar-refractivity contribution < 1.29 is 22.6 Å². The second-order valence-corrected chi connectivity index (χ2v) is 4.30. The van der Waals surface area contributed by atoms with E-state index < -0.39 is 17.5 Å². The van der Waals surface area contributed by atoms with Crippen molar-refractivity contribution in [2.45, 2.75) is 6.54 Å². The Labute approximate surface area is 112 Å². The molecule has 6 heteroatoms. The fourth-order valence-electron chi connectivity index (χ4n) is 1.92. The molecule has 0 saturated heterocycles. The maximum absolute atomic E-state index is 13.1. The zero-order valence-electron chi connectivity index (χ0n) is 10.3. The average Bonchev–Trinajstić information content (AvgIpc) is 2.89. The molecule has 104 valence electrons. The number of hydrogen-bond acceptors (Lipinski definition) is 3. The lowest BCUT2D eigenvalue weighted by Crippen LogP contribution is -2.02. The van der Waals surface area contributed by atoms with E-state index in [-0.39, 0.29) is 13.3 Å². The van der Waals surface area contributed by atoms with Crippen molar-refractivity contribution in [1.82, 2.24) is 0 Å². The summed E-state index contributed by atoms with van der Waals surface area (Å²) in [5, 5.41) is 2.97. The van der Waals surface area contributed by atoms with Gasteiger partial charge in [0.05, 0.1) is 0 Å². The lowest BCUT2D eigenvalue weighted by Gasteiger charge is -2.08. The summed E-state index contributed by atoms with van der Waals surface area (Å²) in [4.78, 5) is 0. The third-order valence-corrected chi connectivity index (χ3v) is 2.91. The van der Waals surface area contributed by atoms with E-state index in [2.05, 4.69) is 5.32 Å². The topological polar surface area (TPSA) is 30.5 Å². The molecular formula is C14H10F3NO2. The Balaban J connectivity index is 1.73. The average molecular weight is 281 g/mol. The zero-order chi connectivity index (χ0) is 14.1. The summed E-state index contributed by atoms with van der Waals surface area (Å²) in [6.07, 6.45) is 0. The van der Waals surface area contributed by atoms with E-state index in [1.165, 1.54) is 0 Å². The minimum absolute atomic E-state index is 0.160. The van der Waals surface area contributed by atoms with Crippen LogP contribution in [-0.2, 0) is 6.54 Å². The van der Waals surface area contributed by atoms with Crippen molar-refractivity contribution in [3.05, 3.63) is 53.3 Å². The van der Waals surface area contributed by atoms with E-state index in [1.54, 1.807) is 18.2 Å². The van der Waals surface area contributed by atoms with Crippen molar-refractivity contribution in [2.24, 2.45) is 0 Å². The van der Waals surface area contributed by atoms with Crippen molar-refractivity contribution in [1.29, 1.82) is 0 Å². The lowest BCUT2D eigenvalue weighted by atomic mass is 10.2. The van der Waals surface area contributed by atoms with Crippen LogP contribution in [0.5, 0.6) is 11.5 Å². The number of anilines is 1. The summed E-state index contributed by atoms with van der Waals surface area (Å²) >= 11 is 0. The van der Waals surface area contributed by atoms with Gasteiger partial charge in [-0.15, -0.1) is 0 Å². The number of benzene rings is 2. The van der Waals surface area contributed by atoms with Gasteiger partial charge in [0.2, 0.25) is 6.79 Å². The first-order valence-corrected chi connectivity index (χ1v) is 5.90. The summed E-state index contributed by atoms with van der Waals surface area (Å²) in [6, 6.07) is 7.12. The summed E-state index contributed by atoms with van der Waals surface area (Å²) in [5.74, 6) is -2.61. The van der Waals surface area contributed by atoms with Crippen LogP contribution in [-0.4, -0.2) is 6.79 Å². The number of fused-ring (bicyclic) bond motifs is 1. The molecule has 0 aromatic heterocycles. The van der Waals surface area contributed by atoms with Gasteiger partial charge in [0.25, 0.3) is 0 Å². The largest absolute Gasteiger partial charge is 0.454 e. The molecule has 0 unspecified atom stereocenters. The molecule has 1 heterocycles. The first-order chi connectivity index (χ1) is 9.63. The van der Waals surface area contributed by atoms with Gasteiger partial charge in [0.15, 0.2) is 29.0 Å². The molecule has 2 aromatic rings. The minimum Gasteiger partial charge on any atom is -0.454 e. The highest BCUT2D eigenvalue weighted by Crippen LogP contribution is 2.34. The molecule has 0 bridgehead atoms. The molecule has 0 spiro atoms. The predicted molar refractivity (Wildman–Crippen MR) is 66.2 cm³/mol. The Morgan fingerprint density at radius 2 is 1.65 bits per heavy atom. The molecule has 3 rings (SSSR count). The number of ether oxygens (including phenoxy) is 2. The van der Waals surface area contributed by atoms with Crippen LogP contribution in [0.15, 0.2) is 30.3 Å². The number of hydrogen-bond donors (Lipinski definition) is 1. The van der Waals surface area contributed by atoms with Gasteiger partial charge >= 0.3 is 0 Å². The van der Waals surface area contributed by atoms with E-state index >= 15 is 0 Å². The third kappa shape index (κ3) is 2.36. The molecule has 0 saturated carbocycles. The second kappa shape index (κ2) is 4.96. The highest BCUT2D eigenvalue weighted by Gasteiger charge is 2.14. The molecule has 0 fully saturated rings. The maximum Gasteiger partial charge on any atom is 0.231 e. The van der Waals surface area contributed by atoms with Gasteiger partial charge in [0, 0.05) is 18.3 Å². The first-order valence-electron chi connectivity index (χ1n) is 5.90. The number of halogens is 3. The molecule has 0 atom stereocenters. The van der Waals surface area contributed by atoms with Gasteiger partial charge in [0.1, 0.15) is 0 Å².